The van der Waals surface area contributed by atoms with Gasteiger partial charge in [0.05, 0.1) is 26.4 Å². The highest BCUT2D eigenvalue weighted by Gasteiger charge is 2.27. The molecule has 0 heterocycles. The summed E-state index contributed by atoms with van der Waals surface area (Å²) in [7, 11) is 0. The molecule has 8 bridgehead atoms. The van der Waals surface area contributed by atoms with Crippen molar-refractivity contribution in [1.82, 2.24) is 0 Å². The van der Waals surface area contributed by atoms with Crippen molar-refractivity contribution in [3.8, 4) is 23.0 Å². The molecule has 0 unspecified atom stereocenters. The first-order valence-electron chi connectivity index (χ1n) is 31.9. The minimum Gasteiger partial charge on any atom is -0.493 e. The minimum atomic E-state index is -0.993. The van der Waals surface area contributed by atoms with Crippen LogP contribution in [0.4, 0.5) is 22.7 Å². The van der Waals surface area contributed by atoms with E-state index in [1.54, 1.807) is 0 Å². The molecule has 5 N–H and O–H groups in total. The number of carboxylic acid groups (broad SMARTS) is 1. The molecule has 0 saturated carbocycles. The number of carbonyl (C=O) groups excluding carboxylic acids is 4. The third kappa shape index (κ3) is 15.2. The highest BCUT2D eigenvalue weighted by molar-refractivity contribution is 6.08. The predicted octanol–water partition coefficient (Wildman–Crippen LogP) is 16.9. The third-order valence-corrected chi connectivity index (χ3v) is 16.2. The van der Waals surface area contributed by atoms with E-state index in [4.69, 9.17) is 18.9 Å². The minimum absolute atomic E-state index is 0.0291. The van der Waals surface area contributed by atoms with Crippen molar-refractivity contribution >= 4 is 84.7 Å². The molecule has 0 aromatic heterocycles. The number of carboxylic acids is 1. The van der Waals surface area contributed by atoms with E-state index in [0.717, 1.165) is 43.4 Å². The first-order chi connectivity index (χ1) is 44.8. The average Bonchev–Trinajstić information content (AvgIpc) is 0.812. The summed E-state index contributed by atoms with van der Waals surface area (Å²) in [5.74, 6) is 0.0184. The van der Waals surface area contributed by atoms with Crippen LogP contribution >= 0.6 is 0 Å². The van der Waals surface area contributed by atoms with Crippen LogP contribution in [0.1, 0.15) is 148 Å². The van der Waals surface area contributed by atoms with E-state index < -0.39 is 5.97 Å². The summed E-state index contributed by atoms with van der Waals surface area (Å²) < 4.78 is 27.8. The van der Waals surface area contributed by atoms with Crippen LogP contribution in [-0.4, -0.2) is 61.1 Å². The number of anilines is 4. The molecule has 0 aliphatic heterocycles. The number of carbonyl (C=O) groups is 5. The lowest BCUT2D eigenvalue weighted by molar-refractivity contribution is -0.137. The number of fused-ring (bicyclic) bond motifs is 11. The van der Waals surface area contributed by atoms with Gasteiger partial charge in [0, 0.05) is 122 Å². The van der Waals surface area contributed by atoms with Crippen molar-refractivity contribution in [2.45, 2.75) is 98.3 Å². The Labute approximate surface area is 536 Å². The predicted molar refractivity (Wildman–Crippen MR) is 366 cm³/mol. The maximum atomic E-state index is 14.7. The fourth-order valence-corrected chi connectivity index (χ4v) is 12.0. The molecule has 0 atom stereocenters. The molecule has 0 fully saturated rings. The zero-order valence-corrected chi connectivity index (χ0v) is 52.5. The Morgan fingerprint density at radius 2 is 0.598 bits per heavy atom. The third-order valence-electron chi connectivity index (χ3n) is 16.2. The van der Waals surface area contributed by atoms with E-state index in [0.29, 0.717) is 148 Å². The zero-order chi connectivity index (χ0) is 64.1. The Kier molecular flexibility index (Phi) is 20.2. The second-order valence-corrected chi connectivity index (χ2v) is 23.4. The smallest absolute Gasteiger partial charge is 0.303 e. The van der Waals surface area contributed by atoms with Gasteiger partial charge in [0.15, 0.2) is 0 Å². The van der Waals surface area contributed by atoms with Crippen LogP contribution in [0.5, 0.6) is 23.0 Å². The number of ether oxygens (including phenoxy) is 4. The van der Waals surface area contributed by atoms with E-state index in [1.807, 2.05) is 197 Å². The monoisotopic (exact) mass is 1230 g/mol. The van der Waals surface area contributed by atoms with Gasteiger partial charge in [0.25, 0.3) is 17.7 Å². The van der Waals surface area contributed by atoms with Crippen LogP contribution in [0, 0.1) is 0 Å². The summed E-state index contributed by atoms with van der Waals surface area (Å²) in [5, 5.41) is 28.2. The van der Waals surface area contributed by atoms with Crippen LogP contribution in [0.3, 0.4) is 0 Å². The topological polar surface area (TPSA) is 191 Å². The van der Waals surface area contributed by atoms with E-state index in [1.165, 1.54) is 0 Å². The number of benzene rings is 10. The molecule has 14 nitrogen and oxygen atoms in total. The van der Waals surface area contributed by atoms with E-state index in [-0.39, 0.29) is 68.6 Å². The van der Waals surface area contributed by atoms with Gasteiger partial charge < -0.3 is 45.3 Å². The Hall–Kier alpha value is -10.5. The Bertz CT molecular complexity index is 4220. The second kappa shape index (κ2) is 29.4. The lowest BCUT2D eigenvalue weighted by Gasteiger charge is -2.25. The van der Waals surface area contributed by atoms with Gasteiger partial charge in [0.2, 0.25) is 5.91 Å². The summed E-state index contributed by atoms with van der Waals surface area (Å²) in [4.78, 5) is 69.5. The van der Waals surface area contributed by atoms with E-state index in [9.17, 15) is 29.1 Å². The Morgan fingerprint density at radius 3 is 0.859 bits per heavy atom. The molecule has 0 spiro atoms. The molecule has 10 aromatic carbocycles. The van der Waals surface area contributed by atoms with Gasteiger partial charge in [-0.05, 0) is 149 Å². The van der Waals surface area contributed by atoms with Crippen LogP contribution in [0.15, 0.2) is 176 Å². The molecule has 92 heavy (non-hydrogen) atoms. The molecule has 0 saturated heterocycles. The van der Waals surface area contributed by atoms with Crippen molar-refractivity contribution in [3.05, 3.63) is 237 Å². The van der Waals surface area contributed by atoms with Crippen molar-refractivity contribution < 1.29 is 48.0 Å². The average molecular weight is 1230 g/mol. The fraction of sp³-hybridized carbons (Fsp3) is 0.244. The zero-order valence-electron chi connectivity index (χ0n) is 52.5. The standard InChI is InChI=1S/C78H76N4O10/c1-5-30-89-72-58-37-60-43-67(80-76(86)55-27-24-49-16-9-12-19-52(49)34-55)45-62(73(60)90-31-6-2)39-64-47-69(82-78(88)57-29-26-51-18-11-14-21-54(51)36-57)48-65(75(64)92-33-8-4)40-63-46-68(81-77(87)56-28-25-50-17-10-13-20-53(50)35-56)44-61(74(63)91-32-7-3)38-59(72)42-66(41-58)79-70(83)22-15-23-71(84)85/h9-14,16-21,24-29,34-36,41-48H,5-8,15,22-23,30-33,37-40H2,1-4H3,(H,79,83)(H,80,86)(H,81,87)(H,82,88)(H,84,85). The van der Waals surface area contributed by atoms with Crippen molar-refractivity contribution in [3.63, 3.8) is 0 Å². The molecular weight excluding hydrogens is 1150 g/mol. The fourth-order valence-electron chi connectivity index (χ4n) is 12.0. The van der Waals surface area contributed by atoms with Gasteiger partial charge in [-0.1, -0.05) is 119 Å². The Balaban J connectivity index is 1.15. The number of amides is 4. The summed E-state index contributed by atoms with van der Waals surface area (Å²) in [6.45, 7) is 9.56. The quantitative estimate of drug-likeness (QED) is 0.0412. The molecule has 1 aliphatic carbocycles. The number of hydrogen-bond acceptors (Lipinski definition) is 9. The van der Waals surface area contributed by atoms with Gasteiger partial charge in [-0.15, -0.1) is 0 Å². The number of rotatable bonds is 23. The van der Waals surface area contributed by atoms with E-state index >= 15 is 0 Å². The summed E-state index contributed by atoms with van der Waals surface area (Å²) in [6.07, 6.45) is 3.39. The van der Waals surface area contributed by atoms with Crippen molar-refractivity contribution in [1.29, 1.82) is 0 Å². The van der Waals surface area contributed by atoms with Gasteiger partial charge in [0.1, 0.15) is 23.0 Å². The summed E-state index contributed by atoms with van der Waals surface area (Å²) in [6, 6.07) is 56.0. The molecule has 11 rings (SSSR count). The summed E-state index contributed by atoms with van der Waals surface area (Å²) >= 11 is 0. The van der Waals surface area contributed by atoms with Gasteiger partial charge in [-0.25, -0.2) is 0 Å². The SMILES string of the molecule is CCCOc1c2cc(NC(=O)CCCC(=O)O)cc1Cc1cc(NC(=O)c3ccc4ccccc4c3)cc(c1OCCC)Cc1cc(NC(=O)c3ccc4ccccc4c3)cc(c1OCCC)Cc1cc(NC(=O)c3ccc4ccccc4c3)cc(c1OCCC)C2. The number of hydrogen-bond donors (Lipinski definition) is 5. The molecule has 468 valence electrons. The number of nitrogens with one attached hydrogen (secondary N) is 4. The Morgan fingerprint density at radius 1 is 0.337 bits per heavy atom. The molecule has 1 aliphatic rings. The molecule has 4 amide bonds. The van der Waals surface area contributed by atoms with Gasteiger partial charge >= 0.3 is 5.97 Å². The van der Waals surface area contributed by atoms with Crippen LogP contribution < -0.4 is 40.2 Å². The van der Waals surface area contributed by atoms with Crippen molar-refractivity contribution in [2.75, 3.05) is 47.7 Å². The normalized spacial score (nSPS) is 11.8. The lowest BCUT2D eigenvalue weighted by atomic mass is 9.90. The van der Waals surface area contributed by atoms with E-state index in [2.05, 4.69) is 28.2 Å². The highest BCUT2D eigenvalue weighted by Crippen LogP contribution is 2.43. The molecule has 0 radical (unpaired) electrons. The molecule has 10 aromatic rings. The van der Waals surface area contributed by atoms with Gasteiger partial charge in [-0.2, -0.15) is 0 Å². The van der Waals surface area contributed by atoms with Gasteiger partial charge in [-0.3, -0.25) is 24.0 Å². The van der Waals surface area contributed by atoms with Crippen LogP contribution in [0.25, 0.3) is 32.3 Å². The maximum Gasteiger partial charge on any atom is 0.303 e. The number of aliphatic carboxylic acids is 1. The lowest BCUT2D eigenvalue weighted by Crippen LogP contribution is -2.16. The van der Waals surface area contributed by atoms with Crippen molar-refractivity contribution in [2.24, 2.45) is 0 Å². The summed E-state index contributed by atoms with van der Waals surface area (Å²) in [5.41, 5.74) is 9.06. The van der Waals surface area contributed by atoms with Crippen LogP contribution in [0.2, 0.25) is 0 Å². The molecular formula is C78H76N4O10. The maximum absolute atomic E-state index is 14.7. The first kappa shape index (κ1) is 63.1. The molecule has 14 heteroatoms. The first-order valence-corrected chi connectivity index (χ1v) is 31.9. The second-order valence-electron chi connectivity index (χ2n) is 23.4. The van der Waals surface area contributed by atoms with Crippen LogP contribution in [-0.2, 0) is 35.3 Å². The largest absolute Gasteiger partial charge is 0.493 e. The highest BCUT2D eigenvalue weighted by atomic mass is 16.5.